The predicted molar refractivity (Wildman–Crippen MR) is 155 cm³/mol. The molecule has 0 bridgehead atoms. The average molecular weight is 609 g/mol. The van der Waals surface area contributed by atoms with Crippen molar-refractivity contribution in [3.05, 3.63) is 93.0 Å². The minimum atomic E-state index is -1.48. The number of benzene rings is 2. The van der Waals surface area contributed by atoms with Gasteiger partial charge < -0.3 is 15.4 Å². The maximum Gasteiger partial charge on any atom is 0.356 e. The van der Waals surface area contributed by atoms with Crippen molar-refractivity contribution in [1.82, 2.24) is 10.3 Å². The highest BCUT2D eigenvalue weighted by molar-refractivity contribution is 6.31. The van der Waals surface area contributed by atoms with E-state index in [0.29, 0.717) is 21.8 Å². The molecule has 42 heavy (non-hydrogen) atoms. The van der Waals surface area contributed by atoms with Crippen LogP contribution in [0.2, 0.25) is 10.0 Å². The number of nitriles is 1. The van der Waals surface area contributed by atoms with Gasteiger partial charge in [-0.05, 0) is 61.2 Å². The average Bonchev–Trinajstić information content (AvgIpc) is 3.44. The van der Waals surface area contributed by atoms with Crippen LogP contribution < -0.4 is 10.6 Å². The highest BCUT2D eigenvalue weighted by atomic mass is 35.5. The van der Waals surface area contributed by atoms with Gasteiger partial charge in [-0.2, -0.15) is 5.26 Å². The van der Waals surface area contributed by atoms with Crippen LogP contribution in [-0.2, 0) is 26.2 Å². The van der Waals surface area contributed by atoms with Crippen molar-refractivity contribution < 1.29 is 23.5 Å². The van der Waals surface area contributed by atoms with E-state index in [4.69, 9.17) is 23.2 Å². The van der Waals surface area contributed by atoms with E-state index in [1.807, 2.05) is 0 Å². The lowest BCUT2D eigenvalue weighted by Crippen LogP contribution is -2.50. The Balaban J connectivity index is 1.68. The third-order valence-electron chi connectivity index (χ3n) is 8.08. The summed E-state index contributed by atoms with van der Waals surface area (Å²) in [7, 11) is 1.24. The van der Waals surface area contributed by atoms with E-state index in [2.05, 4.69) is 26.4 Å². The van der Waals surface area contributed by atoms with Crippen LogP contribution in [0.25, 0.3) is 0 Å². The van der Waals surface area contributed by atoms with Crippen molar-refractivity contribution in [2.45, 2.75) is 50.1 Å². The van der Waals surface area contributed by atoms with Crippen LogP contribution in [0.15, 0.2) is 54.7 Å². The second kappa shape index (κ2) is 11.1. The number of fused-ring (bicyclic) bond motifs is 2. The van der Waals surface area contributed by atoms with Gasteiger partial charge in [0.2, 0.25) is 5.91 Å². The summed E-state index contributed by atoms with van der Waals surface area (Å²) < 4.78 is 20.6. The van der Waals surface area contributed by atoms with Crippen molar-refractivity contribution in [1.29, 1.82) is 5.26 Å². The van der Waals surface area contributed by atoms with Crippen LogP contribution in [0.4, 0.5) is 10.1 Å². The third kappa shape index (κ3) is 4.94. The van der Waals surface area contributed by atoms with E-state index in [-0.39, 0.29) is 34.9 Å². The largest absolute Gasteiger partial charge is 0.464 e. The molecular formula is C31H27Cl2FN4O4. The van der Waals surface area contributed by atoms with Gasteiger partial charge >= 0.3 is 5.97 Å². The molecule has 1 saturated heterocycles. The van der Waals surface area contributed by atoms with Crippen LogP contribution in [0.1, 0.15) is 53.4 Å². The molecule has 1 spiro atoms. The Morgan fingerprint density at radius 1 is 1.19 bits per heavy atom. The summed E-state index contributed by atoms with van der Waals surface area (Å²) in [5, 5.41) is 16.4. The summed E-state index contributed by atoms with van der Waals surface area (Å²) in [6, 6.07) is 13.0. The number of esters is 1. The van der Waals surface area contributed by atoms with E-state index in [1.54, 1.807) is 44.2 Å². The topological polar surface area (TPSA) is 121 Å². The van der Waals surface area contributed by atoms with Crippen molar-refractivity contribution >= 4 is 46.5 Å². The highest BCUT2D eigenvalue weighted by Gasteiger charge is 2.66. The molecule has 3 aromatic rings. The van der Waals surface area contributed by atoms with Gasteiger partial charge in [-0.15, -0.1) is 0 Å². The first kappa shape index (κ1) is 29.6. The fourth-order valence-electron chi connectivity index (χ4n) is 6.21. The summed E-state index contributed by atoms with van der Waals surface area (Å²) in [4.78, 5) is 44.2. The molecule has 3 heterocycles. The number of Topliss-reactive ketones (excluding diaryl/α,β-unsaturated/α-hetero) is 1. The lowest BCUT2D eigenvalue weighted by Gasteiger charge is -2.37. The minimum Gasteiger partial charge on any atom is -0.464 e. The third-order valence-corrected chi connectivity index (χ3v) is 8.61. The van der Waals surface area contributed by atoms with E-state index < -0.39 is 46.5 Å². The lowest BCUT2D eigenvalue weighted by molar-refractivity contribution is -0.122. The van der Waals surface area contributed by atoms with Gasteiger partial charge in [0, 0.05) is 35.3 Å². The summed E-state index contributed by atoms with van der Waals surface area (Å²) in [5.74, 6) is -3.15. The molecule has 5 rings (SSSR count). The van der Waals surface area contributed by atoms with Gasteiger partial charge in [0.1, 0.15) is 16.9 Å². The first-order valence-corrected chi connectivity index (χ1v) is 14.0. The number of halogens is 3. The molecule has 8 nitrogen and oxygen atoms in total. The van der Waals surface area contributed by atoms with Crippen LogP contribution in [0.5, 0.6) is 0 Å². The minimum absolute atomic E-state index is 0.0854. The van der Waals surface area contributed by atoms with Gasteiger partial charge in [-0.25, -0.2) is 14.2 Å². The van der Waals surface area contributed by atoms with Gasteiger partial charge in [0.25, 0.3) is 0 Å². The molecular weight excluding hydrogens is 582 g/mol. The molecule has 0 saturated carbocycles. The van der Waals surface area contributed by atoms with Gasteiger partial charge in [0.15, 0.2) is 5.78 Å². The Hall–Kier alpha value is -3.84. The monoisotopic (exact) mass is 608 g/mol. The van der Waals surface area contributed by atoms with Crippen molar-refractivity contribution in [3.63, 3.8) is 0 Å². The molecule has 0 aliphatic carbocycles. The molecule has 0 radical (unpaired) electrons. The number of ketones is 1. The predicted octanol–water partition coefficient (Wildman–Crippen LogP) is 5.38. The molecule has 4 atom stereocenters. The van der Waals surface area contributed by atoms with Gasteiger partial charge in [-0.3, -0.25) is 9.59 Å². The van der Waals surface area contributed by atoms with Crippen molar-refractivity contribution in [2.75, 3.05) is 12.4 Å². The number of pyridine rings is 1. The standard InChI is InChI=1S/C31H27Cl2FN4O4/c1-30(2,15-35)13-24-31(19-9-8-17(32)12-22(19)37-29(31)41)25(18-5-4-6-20(33)26(18)34)27(38-24)23(39)11-16-7-10-21(36-14-16)28(40)42-3/h4-10,12,14,24-25,27,38H,11,13H2,1-3H3,(H,37,41)/t24-,25-,27-,31+/m0/s1. The van der Waals surface area contributed by atoms with E-state index in [9.17, 15) is 19.6 Å². The molecule has 2 aliphatic rings. The Labute approximate surface area is 252 Å². The number of nitrogens with zero attached hydrogens (tertiary/aromatic N) is 2. The number of aromatic nitrogens is 1. The molecule has 0 unspecified atom stereocenters. The number of carbonyl (C=O) groups excluding carboxylic acids is 3. The second-order valence-corrected chi connectivity index (χ2v) is 12.1. The maximum absolute atomic E-state index is 15.9. The number of anilines is 1. The van der Waals surface area contributed by atoms with Crippen LogP contribution in [0, 0.1) is 22.6 Å². The molecule has 1 aromatic heterocycles. The maximum atomic E-state index is 15.9. The molecule has 2 N–H and O–H groups in total. The van der Waals surface area contributed by atoms with E-state index in [1.165, 1.54) is 31.5 Å². The van der Waals surface area contributed by atoms with Crippen LogP contribution in [0.3, 0.4) is 0 Å². The zero-order chi connectivity index (χ0) is 30.4. The summed E-state index contributed by atoms with van der Waals surface area (Å²) >= 11 is 12.5. The molecule has 2 aromatic carbocycles. The Bertz CT molecular complexity index is 1640. The number of rotatable bonds is 7. The summed E-state index contributed by atoms with van der Waals surface area (Å²) in [5.41, 5.74) is -0.678. The molecule has 2 aliphatic heterocycles. The Morgan fingerprint density at radius 2 is 1.95 bits per heavy atom. The zero-order valence-corrected chi connectivity index (χ0v) is 24.5. The normalized spacial score (nSPS) is 22.9. The highest BCUT2D eigenvalue weighted by Crippen LogP contribution is 2.57. The SMILES string of the molecule is COC(=O)c1ccc(CC(=O)[C@@H]2N[C@@H](CC(C)(C)C#N)[C@@]3(C(=O)Nc4cc(Cl)ccc43)[C@H]2c2cccc(Cl)c2F)cn1. The van der Waals surface area contributed by atoms with E-state index >= 15 is 4.39 Å². The Kier molecular flexibility index (Phi) is 7.84. The molecule has 1 amide bonds. The number of carbonyl (C=O) groups is 3. The smallest absolute Gasteiger partial charge is 0.356 e. The van der Waals surface area contributed by atoms with Crippen LogP contribution in [-0.4, -0.2) is 41.8 Å². The number of hydrogen-bond donors (Lipinski definition) is 2. The zero-order valence-electron chi connectivity index (χ0n) is 23.0. The van der Waals surface area contributed by atoms with Gasteiger partial charge in [-0.1, -0.05) is 47.5 Å². The molecule has 1 fully saturated rings. The molecule has 216 valence electrons. The van der Waals surface area contributed by atoms with Crippen molar-refractivity contribution in [3.8, 4) is 6.07 Å². The number of hydrogen-bond acceptors (Lipinski definition) is 7. The number of ether oxygens (including phenoxy) is 1. The second-order valence-electron chi connectivity index (χ2n) is 11.2. The summed E-state index contributed by atoms with van der Waals surface area (Å²) in [6.45, 7) is 3.49. The van der Waals surface area contributed by atoms with Crippen LogP contribution >= 0.6 is 23.2 Å². The van der Waals surface area contributed by atoms with E-state index in [0.717, 1.165) is 0 Å². The molecule has 11 heteroatoms. The lowest BCUT2D eigenvalue weighted by atomic mass is 9.62. The quantitative estimate of drug-likeness (QED) is 0.345. The Morgan fingerprint density at radius 3 is 2.62 bits per heavy atom. The number of amides is 1. The first-order valence-electron chi connectivity index (χ1n) is 13.2. The van der Waals surface area contributed by atoms with Gasteiger partial charge in [0.05, 0.1) is 29.7 Å². The van der Waals surface area contributed by atoms with Crippen molar-refractivity contribution in [2.24, 2.45) is 5.41 Å². The fraction of sp³-hybridized carbons (Fsp3) is 0.323. The summed E-state index contributed by atoms with van der Waals surface area (Å²) in [6.07, 6.45) is 1.46. The number of methoxy groups -OCH3 is 1. The number of nitrogens with one attached hydrogen (secondary N) is 2. The first-order chi connectivity index (χ1) is 19.9. The fourth-order valence-corrected chi connectivity index (χ4v) is 6.57.